The quantitative estimate of drug-likeness (QED) is 0.816. The number of anilines is 1. The van der Waals surface area contributed by atoms with Crippen molar-refractivity contribution < 1.29 is 5.11 Å². The molecule has 2 N–H and O–H groups in total. The molecular weight excluding hydrogens is 212 g/mol. The first-order valence-corrected chi connectivity index (χ1v) is 5.99. The third kappa shape index (κ3) is 2.74. The lowest BCUT2D eigenvalue weighted by atomic mass is 10.0. The van der Waals surface area contributed by atoms with E-state index in [0.29, 0.717) is 6.42 Å². The third-order valence-corrected chi connectivity index (χ3v) is 2.92. The topological polar surface area (TPSA) is 44.6 Å². The molecule has 0 aliphatic carbocycles. The molecule has 1 unspecified atom stereocenters. The molecule has 1 aromatic carbocycles. The molecule has 0 amide bonds. The number of nitrogens with zero attached hydrogens (tertiary/aromatic N) is 1. The maximum Gasteiger partial charge on any atom is 0.151 e. The minimum atomic E-state index is -0.471. The molecule has 1 atom stereocenters. The number of para-hydroxylation sites is 1. The largest absolute Gasteiger partial charge is 0.396 e. The first-order valence-electron chi connectivity index (χ1n) is 5.99. The van der Waals surface area contributed by atoms with Gasteiger partial charge < -0.3 is 10.4 Å². The molecule has 1 aliphatic heterocycles. The first-order chi connectivity index (χ1) is 8.28. The zero-order valence-electron chi connectivity index (χ0n) is 10.1. The highest BCUT2D eigenvalue weighted by atomic mass is 16.3. The molecule has 1 heterocycles. The monoisotopic (exact) mass is 230 g/mol. The number of hydrogen-bond donors (Lipinski definition) is 2. The van der Waals surface area contributed by atoms with Crippen LogP contribution in [0.25, 0.3) is 0 Å². The minimum absolute atomic E-state index is 0.116. The number of aliphatic imine (C=N–C) groups is 1. The second-order valence-electron chi connectivity index (χ2n) is 4.22. The van der Waals surface area contributed by atoms with Crippen molar-refractivity contribution in [3.8, 4) is 0 Å². The highest BCUT2D eigenvalue weighted by Crippen LogP contribution is 2.27. The van der Waals surface area contributed by atoms with Gasteiger partial charge >= 0.3 is 0 Å². The Balaban J connectivity index is 2.20. The minimum Gasteiger partial charge on any atom is -0.396 e. The zero-order valence-corrected chi connectivity index (χ0v) is 10.1. The number of aliphatic hydroxyl groups excluding tert-OH is 1. The fourth-order valence-corrected chi connectivity index (χ4v) is 1.98. The predicted octanol–water partition coefficient (Wildman–Crippen LogP) is 2.60. The molecule has 0 saturated heterocycles. The van der Waals surface area contributed by atoms with Gasteiger partial charge in [0.15, 0.2) is 5.66 Å². The van der Waals surface area contributed by atoms with E-state index in [1.54, 1.807) is 0 Å². The number of nitrogens with one attached hydrogen (secondary N) is 1. The number of allylic oxidation sites excluding steroid dienone is 1. The second kappa shape index (κ2) is 5.15. The summed E-state index contributed by atoms with van der Waals surface area (Å²) >= 11 is 0. The molecule has 17 heavy (non-hydrogen) atoms. The summed E-state index contributed by atoms with van der Waals surface area (Å²) in [7, 11) is 0. The lowest BCUT2D eigenvalue weighted by Gasteiger charge is -2.26. The maximum absolute atomic E-state index is 9.19. The van der Waals surface area contributed by atoms with Crippen LogP contribution in [-0.4, -0.2) is 23.6 Å². The van der Waals surface area contributed by atoms with Crippen LogP contribution in [-0.2, 0) is 0 Å². The molecule has 0 fully saturated rings. The zero-order chi connectivity index (χ0) is 12.1. The number of aliphatic hydroxyl groups is 1. The Morgan fingerprint density at radius 3 is 2.65 bits per heavy atom. The third-order valence-electron chi connectivity index (χ3n) is 2.92. The summed E-state index contributed by atoms with van der Waals surface area (Å²) in [5.41, 5.74) is 1.76. The molecule has 1 aromatic rings. The van der Waals surface area contributed by atoms with Gasteiger partial charge in [-0.25, -0.2) is 0 Å². The first kappa shape index (κ1) is 11.9. The Hall–Kier alpha value is -1.61. The van der Waals surface area contributed by atoms with Crippen molar-refractivity contribution in [3.63, 3.8) is 0 Å². The van der Waals surface area contributed by atoms with Crippen molar-refractivity contribution in [2.45, 2.75) is 25.4 Å². The molecule has 2 rings (SSSR count). The van der Waals surface area contributed by atoms with Crippen LogP contribution in [0.15, 0.2) is 47.0 Å². The van der Waals surface area contributed by atoms with E-state index < -0.39 is 5.66 Å². The van der Waals surface area contributed by atoms with Crippen molar-refractivity contribution in [1.82, 2.24) is 0 Å². The van der Waals surface area contributed by atoms with Gasteiger partial charge in [0, 0.05) is 24.9 Å². The van der Waals surface area contributed by atoms with Crippen molar-refractivity contribution in [2.75, 3.05) is 11.9 Å². The summed E-state index contributed by atoms with van der Waals surface area (Å²) in [5, 5.41) is 12.6. The Morgan fingerprint density at radius 2 is 2.06 bits per heavy atom. The summed E-state index contributed by atoms with van der Waals surface area (Å²) in [6.07, 6.45) is 5.55. The smallest absolute Gasteiger partial charge is 0.151 e. The van der Waals surface area contributed by atoms with E-state index >= 15 is 0 Å². The normalized spacial score (nSPS) is 22.6. The lowest BCUT2D eigenvalue weighted by Crippen LogP contribution is -2.33. The van der Waals surface area contributed by atoms with Gasteiger partial charge in [-0.3, -0.25) is 4.99 Å². The predicted molar refractivity (Wildman–Crippen MR) is 71.4 cm³/mol. The van der Waals surface area contributed by atoms with Gasteiger partial charge in [-0.05, 0) is 30.2 Å². The summed E-state index contributed by atoms with van der Waals surface area (Å²) in [6, 6.07) is 9.96. The van der Waals surface area contributed by atoms with Gasteiger partial charge in [-0.1, -0.05) is 25.1 Å². The molecule has 1 aliphatic rings. The molecule has 0 saturated carbocycles. The van der Waals surface area contributed by atoms with Crippen LogP contribution in [0, 0.1) is 0 Å². The summed E-state index contributed by atoms with van der Waals surface area (Å²) in [6.45, 7) is 2.22. The molecule has 3 heteroatoms. The van der Waals surface area contributed by atoms with Crippen molar-refractivity contribution >= 4 is 11.9 Å². The van der Waals surface area contributed by atoms with Gasteiger partial charge in [0.25, 0.3) is 0 Å². The molecule has 0 bridgehead atoms. The summed E-state index contributed by atoms with van der Waals surface area (Å²) < 4.78 is 0. The SMILES string of the molecule is CCC1=CC(CCO)(Nc2ccccc2)N=C1. The molecule has 0 spiro atoms. The average molecular weight is 230 g/mol. The Morgan fingerprint density at radius 1 is 1.29 bits per heavy atom. The number of hydrogen-bond acceptors (Lipinski definition) is 3. The summed E-state index contributed by atoms with van der Waals surface area (Å²) in [5.74, 6) is 0. The van der Waals surface area contributed by atoms with Gasteiger partial charge in [-0.15, -0.1) is 0 Å². The van der Waals surface area contributed by atoms with Crippen LogP contribution in [0.2, 0.25) is 0 Å². The number of benzene rings is 1. The van der Waals surface area contributed by atoms with Crippen LogP contribution >= 0.6 is 0 Å². The highest BCUT2D eigenvalue weighted by Gasteiger charge is 2.29. The van der Waals surface area contributed by atoms with Gasteiger partial charge in [0.05, 0.1) is 0 Å². The van der Waals surface area contributed by atoms with Crippen LogP contribution in [0.3, 0.4) is 0 Å². The summed E-state index contributed by atoms with van der Waals surface area (Å²) in [4.78, 5) is 4.52. The van der Waals surface area contributed by atoms with Gasteiger partial charge in [0.1, 0.15) is 0 Å². The fourth-order valence-electron chi connectivity index (χ4n) is 1.98. The van der Waals surface area contributed by atoms with Gasteiger partial charge in [-0.2, -0.15) is 0 Å². The van der Waals surface area contributed by atoms with Crippen LogP contribution in [0.4, 0.5) is 5.69 Å². The molecular formula is C14H18N2O. The standard InChI is InChI=1S/C14H18N2O/c1-2-12-10-14(8-9-17,15-11-12)16-13-6-4-3-5-7-13/h3-7,10-11,16-17H,2,8-9H2,1H3. The molecule has 90 valence electrons. The maximum atomic E-state index is 9.19. The van der Waals surface area contributed by atoms with E-state index in [9.17, 15) is 5.11 Å². The van der Waals surface area contributed by atoms with Crippen LogP contribution < -0.4 is 5.32 Å². The molecule has 0 aromatic heterocycles. The average Bonchev–Trinajstić information content (AvgIpc) is 2.74. The fraction of sp³-hybridized carbons (Fsp3) is 0.357. The molecule has 0 radical (unpaired) electrons. The van der Waals surface area contributed by atoms with Crippen molar-refractivity contribution in [1.29, 1.82) is 0 Å². The molecule has 3 nitrogen and oxygen atoms in total. The van der Waals surface area contributed by atoms with Crippen molar-refractivity contribution in [2.24, 2.45) is 4.99 Å². The Bertz CT molecular complexity index is 425. The second-order valence-corrected chi connectivity index (χ2v) is 4.22. The van der Waals surface area contributed by atoms with E-state index in [4.69, 9.17) is 0 Å². The van der Waals surface area contributed by atoms with E-state index in [2.05, 4.69) is 23.3 Å². The highest BCUT2D eigenvalue weighted by molar-refractivity contribution is 5.83. The van der Waals surface area contributed by atoms with E-state index in [-0.39, 0.29) is 6.61 Å². The van der Waals surface area contributed by atoms with E-state index in [0.717, 1.165) is 12.1 Å². The van der Waals surface area contributed by atoms with Crippen LogP contribution in [0.1, 0.15) is 19.8 Å². The van der Waals surface area contributed by atoms with Gasteiger partial charge in [0.2, 0.25) is 0 Å². The number of rotatable bonds is 5. The Kier molecular flexibility index (Phi) is 3.59. The van der Waals surface area contributed by atoms with Crippen molar-refractivity contribution in [3.05, 3.63) is 42.0 Å². The Labute approximate surface area is 102 Å². The van der Waals surface area contributed by atoms with E-state index in [1.807, 2.05) is 36.5 Å². The lowest BCUT2D eigenvalue weighted by molar-refractivity contribution is 0.266. The van der Waals surface area contributed by atoms with E-state index in [1.165, 1.54) is 5.57 Å². The van der Waals surface area contributed by atoms with Crippen LogP contribution in [0.5, 0.6) is 0 Å².